The van der Waals surface area contributed by atoms with E-state index in [2.05, 4.69) is 217 Å². The molecule has 0 aliphatic rings. The standard InChI is InChI=1S/C31H23N.C22H17NS/c1-22-10-8-13-25(20-22)27-16-9-17-30-31(27)28-21-24(23-11-4-2-5-12-23)18-19-29(28)32(30)26-14-6-3-7-15-26;1-23-20(14-11-16-7-3-2-4-8-16)17-12-13-19-18-9-5-6-10-21(18)24-22(19)15-17/h2-21H,1H3;2-10,12-15H,1,11H2/b;20-14-. The number of hydrogen-bond donors (Lipinski definition) is 0. The molecule has 2 nitrogen and oxygen atoms in total. The van der Waals surface area contributed by atoms with E-state index in [4.69, 9.17) is 0 Å². The van der Waals surface area contributed by atoms with Crippen LogP contribution in [0, 0.1) is 6.92 Å². The number of aromatic nitrogens is 1. The lowest BCUT2D eigenvalue weighted by Gasteiger charge is -2.09. The van der Waals surface area contributed by atoms with Gasteiger partial charge in [-0.3, -0.25) is 4.99 Å². The van der Waals surface area contributed by atoms with Crippen molar-refractivity contribution in [2.75, 3.05) is 0 Å². The normalized spacial score (nSPS) is 11.6. The molecule has 268 valence electrons. The largest absolute Gasteiger partial charge is 0.309 e. The van der Waals surface area contributed by atoms with Crippen LogP contribution in [0.2, 0.25) is 0 Å². The van der Waals surface area contributed by atoms with Gasteiger partial charge in [0.15, 0.2) is 0 Å². The smallest absolute Gasteiger partial charge is 0.0658 e. The van der Waals surface area contributed by atoms with Crippen molar-refractivity contribution >= 4 is 65.7 Å². The monoisotopic (exact) mass is 736 g/mol. The molecule has 2 heterocycles. The number of rotatable bonds is 7. The second-order valence-corrected chi connectivity index (χ2v) is 15.2. The quantitative estimate of drug-likeness (QED) is 0.145. The molecule has 0 saturated heterocycles. The highest BCUT2D eigenvalue weighted by molar-refractivity contribution is 7.25. The minimum absolute atomic E-state index is 0.861. The van der Waals surface area contributed by atoms with Gasteiger partial charge in [-0.2, -0.15) is 0 Å². The highest BCUT2D eigenvalue weighted by Gasteiger charge is 2.17. The summed E-state index contributed by atoms with van der Waals surface area (Å²) in [5.41, 5.74) is 13.3. The number of hydrogen-bond acceptors (Lipinski definition) is 2. The number of aliphatic imine (C=N–C) groups is 1. The molecule has 0 spiro atoms. The van der Waals surface area contributed by atoms with Gasteiger partial charge < -0.3 is 4.57 Å². The molecule has 56 heavy (non-hydrogen) atoms. The zero-order valence-corrected chi connectivity index (χ0v) is 32.1. The number of fused-ring (bicyclic) bond motifs is 6. The van der Waals surface area contributed by atoms with Crippen LogP contribution in [0.5, 0.6) is 0 Å². The third-order valence-corrected chi connectivity index (χ3v) is 11.6. The maximum absolute atomic E-state index is 4.25. The molecular formula is C53H40N2S. The van der Waals surface area contributed by atoms with E-state index in [-0.39, 0.29) is 0 Å². The summed E-state index contributed by atoms with van der Waals surface area (Å²) < 4.78 is 5.01. The third kappa shape index (κ3) is 6.86. The second kappa shape index (κ2) is 15.5. The van der Waals surface area contributed by atoms with E-state index >= 15 is 0 Å². The van der Waals surface area contributed by atoms with Gasteiger partial charge in [0, 0.05) is 42.2 Å². The van der Waals surface area contributed by atoms with Crippen molar-refractivity contribution in [3.8, 4) is 27.9 Å². The third-order valence-electron chi connectivity index (χ3n) is 10.5. The van der Waals surface area contributed by atoms with Crippen molar-refractivity contribution in [2.24, 2.45) is 4.99 Å². The van der Waals surface area contributed by atoms with E-state index in [1.54, 1.807) is 0 Å². The van der Waals surface area contributed by atoms with Gasteiger partial charge in [-0.1, -0.05) is 163 Å². The minimum Gasteiger partial charge on any atom is -0.309 e. The van der Waals surface area contributed by atoms with Gasteiger partial charge in [0.1, 0.15) is 0 Å². The minimum atomic E-state index is 0.861. The summed E-state index contributed by atoms with van der Waals surface area (Å²) in [5, 5.41) is 5.22. The Morgan fingerprint density at radius 2 is 1.25 bits per heavy atom. The summed E-state index contributed by atoms with van der Waals surface area (Å²) in [4.78, 5) is 4.25. The van der Waals surface area contributed by atoms with E-state index in [1.165, 1.54) is 81.0 Å². The maximum Gasteiger partial charge on any atom is 0.0658 e. The summed E-state index contributed by atoms with van der Waals surface area (Å²) in [5.74, 6) is 0. The molecule has 2 aromatic heterocycles. The van der Waals surface area contributed by atoms with E-state index < -0.39 is 0 Å². The van der Waals surface area contributed by atoms with Crippen molar-refractivity contribution in [1.82, 2.24) is 4.57 Å². The summed E-state index contributed by atoms with van der Waals surface area (Å²) in [6.45, 7) is 5.91. The fourth-order valence-electron chi connectivity index (χ4n) is 7.78. The van der Waals surface area contributed by atoms with Gasteiger partial charge in [0.05, 0.1) is 16.7 Å². The zero-order chi connectivity index (χ0) is 37.8. The molecule has 0 fully saturated rings. The van der Waals surface area contributed by atoms with E-state index in [0.29, 0.717) is 0 Å². The topological polar surface area (TPSA) is 17.3 Å². The SMILES string of the molecule is C=N/C(=C\Cc1ccccc1)c1ccc2c(c1)sc1ccccc12.Cc1cccc(-c2cccc3c2c2cc(-c4ccccc4)ccc2n3-c2ccccc2)c1. The number of nitrogens with zero attached hydrogens (tertiary/aromatic N) is 2. The average molecular weight is 737 g/mol. The lowest BCUT2D eigenvalue weighted by Crippen LogP contribution is -1.93. The van der Waals surface area contributed by atoms with Crippen LogP contribution in [0.3, 0.4) is 0 Å². The summed E-state index contributed by atoms with van der Waals surface area (Å²) in [7, 11) is 0. The molecule has 10 aromatic rings. The van der Waals surface area contributed by atoms with Crippen LogP contribution in [0.4, 0.5) is 0 Å². The molecule has 10 rings (SSSR count). The first kappa shape index (κ1) is 34.9. The Kier molecular flexibility index (Phi) is 9.67. The van der Waals surface area contributed by atoms with Crippen molar-refractivity contribution < 1.29 is 0 Å². The molecule has 3 heteroatoms. The molecule has 0 amide bonds. The Morgan fingerprint density at radius 3 is 2.04 bits per heavy atom. The Labute approximate surface area is 332 Å². The van der Waals surface area contributed by atoms with Crippen molar-refractivity contribution in [3.05, 3.63) is 217 Å². The Balaban J connectivity index is 0.000000153. The van der Waals surface area contributed by atoms with Crippen LogP contribution in [0.25, 0.3) is 75.6 Å². The van der Waals surface area contributed by atoms with Gasteiger partial charge in [-0.25, -0.2) is 0 Å². The molecule has 8 aromatic carbocycles. The van der Waals surface area contributed by atoms with Gasteiger partial charge in [0.25, 0.3) is 0 Å². The van der Waals surface area contributed by atoms with E-state index in [0.717, 1.165) is 17.7 Å². The average Bonchev–Trinajstić information content (AvgIpc) is 3.80. The van der Waals surface area contributed by atoms with Crippen LogP contribution in [-0.4, -0.2) is 11.3 Å². The van der Waals surface area contributed by atoms with Crippen LogP contribution in [0.15, 0.2) is 205 Å². The molecule has 0 unspecified atom stereocenters. The summed E-state index contributed by atoms with van der Waals surface area (Å²) in [6, 6.07) is 69.2. The van der Waals surface area contributed by atoms with Crippen LogP contribution >= 0.6 is 11.3 Å². The molecule has 0 atom stereocenters. The van der Waals surface area contributed by atoms with Crippen molar-refractivity contribution in [2.45, 2.75) is 13.3 Å². The van der Waals surface area contributed by atoms with E-state index in [1.807, 2.05) is 17.4 Å². The molecule has 0 aliphatic carbocycles. The van der Waals surface area contributed by atoms with Crippen molar-refractivity contribution in [1.29, 1.82) is 0 Å². The number of benzene rings is 8. The zero-order valence-electron chi connectivity index (χ0n) is 31.3. The van der Waals surface area contributed by atoms with Crippen LogP contribution in [0.1, 0.15) is 16.7 Å². The number of aryl methyl sites for hydroxylation is 1. The molecule has 0 aliphatic heterocycles. The molecule has 0 bridgehead atoms. The van der Waals surface area contributed by atoms with Crippen molar-refractivity contribution in [3.63, 3.8) is 0 Å². The number of thiophene rings is 1. The van der Waals surface area contributed by atoms with E-state index in [9.17, 15) is 0 Å². The van der Waals surface area contributed by atoms with Gasteiger partial charge >= 0.3 is 0 Å². The summed E-state index contributed by atoms with van der Waals surface area (Å²) in [6.07, 6.45) is 3.01. The second-order valence-electron chi connectivity index (χ2n) is 14.1. The van der Waals surface area contributed by atoms with Gasteiger partial charge in [-0.15, -0.1) is 11.3 Å². The predicted octanol–water partition coefficient (Wildman–Crippen LogP) is 14.8. The predicted molar refractivity (Wildman–Crippen MR) is 243 cm³/mol. The molecule has 0 radical (unpaired) electrons. The first-order chi connectivity index (χ1) is 27.6. The number of para-hydroxylation sites is 1. The fraction of sp³-hybridized carbons (Fsp3) is 0.0377. The van der Waals surface area contributed by atoms with Gasteiger partial charge in [-0.05, 0) is 90.3 Å². The highest BCUT2D eigenvalue weighted by Crippen LogP contribution is 2.40. The molecule has 0 N–H and O–H groups in total. The molecular weight excluding hydrogens is 697 g/mol. The van der Waals surface area contributed by atoms with Gasteiger partial charge in [0.2, 0.25) is 0 Å². The maximum atomic E-state index is 4.25. The highest BCUT2D eigenvalue weighted by atomic mass is 32.1. The lowest BCUT2D eigenvalue weighted by molar-refractivity contribution is 1.18. The molecule has 0 saturated carbocycles. The van der Waals surface area contributed by atoms with Crippen LogP contribution in [-0.2, 0) is 6.42 Å². The fourth-order valence-corrected chi connectivity index (χ4v) is 8.92. The van der Waals surface area contributed by atoms with Crippen LogP contribution < -0.4 is 0 Å². The Morgan fingerprint density at radius 1 is 0.554 bits per heavy atom. The first-order valence-corrected chi connectivity index (χ1v) is 19.8. The first-order valence-electron chi connectivity index (χ1n) is 19.0. The Bertz CT molecular complexity index is 3010. The lowest BCUT2D eigenvalue weighted by atomic mass is 9.96. The Hall–Kier alpha value is -6.81. The number of allylic oxidation sites excluding steroid dienone is 1. The summed E-state index contributed by atoms with van der Waals surface area (Å²) >= 11 is 1.83.